The number of carbonyl (C=O) groups is 5. The van der Waals surface area contributed by atoms with Gasteiger partial charge in [-0.25, -0.2) is 9.18 Å². The first kappa shape index (κ1) is 36.2. The lowest BCUT2D eigenvalue weighted by Crippen LogP contribution is -2.70. The van der Waals surface area contributed by atoms with Gasteiger partial charge in [0.1, 0.15) is 17.1 Å². The molecular weight excluding hydrogens is 744 g/mol. The number of β-lactam (4-membered cyclic amide) rings is 1. The number of aromatic hydroxyl groups is 1. The molecule has 0 aliphatic carbocycles. The van der Waals surface area contributed by atoms with Gasteiger partial charge in [-0.15, -0.1) is 23.5 Å². The number of phenolic OH excluding ortho intramolecular Hbond substituents is 1. The zero-order chi connectivity index (χ0) is 36.4. The molecule has 2 aromatic carbocycles. The molecule has 51 heavy (non-hydrogen) atoms. The number of amides is 4. The number of rotatable bonds is 11. The summed E-state index contributed by atoms with van der Waals surface area (Å²) in [6.07, 6.45) is 5.29. The Balaban J connectivity index is 1.04. The van der Waals surface area contributed by atoms with E-state index in [-0.39, 0.29) is 41.9 Å². The number of phenols is 1. The van der Waals surface area contributed by atoms with Gasteiger partial charge in [0, 0.05) is 58.2 Å². The molecule has 3 aliphatic heterocycles. The first-order valence-corrected chi connectivity index (χ1v) is 18.2. The summed E-state index contributed by atoms with van der Waals surface area (Å²) in [6, 6.07) is 11.1. The normalized spacial score (nSPS) is 19.2. The van der Waals surface area contributed by atoms with Crippen molar-refractivity contribution in [1.82, 2.24) is 15.1 Å². The third kappa shape index (κ3) is 8.17. The predicted octanol–water partition coefficient (Wildman–Crippen LogP) is 3.95. The summed E-state index contributed by atoms with van der Waals surface area (Å²) in [5, 5.41) is 25.0. The summed E-state index contributed by atoms with van der Waals surface area (Å²) < 4.78 is 15.2. The Morgan fingerprint density at radius 1 is 1.08 bits per heavy atom. The molecule has 2 atom stereocenters. The van der Waals surface area contributed by atoms with Crippen molar-refractivity contribution in [2.75, 3.05) is 23.4 Å². The Morgan fingerprint density at radius 2 is 1.84 bits per heavy atom. The Labute approximate surface area is 309 Å². The standard InChI is InChI=1S/C34H28Cl2FN5O7S2/c35-21-1-3-23(36)26(12-21)50-17-28(45)39-29-32(47)42-30(34(48)49)20(16-51-33(29)42)11-19-7-10-41(31(19)46)14-18-5-8-40(9-6-18)15-27(44)38-22-2-4-25(43)24(37)13-22/h1-6,8-9,11-13,29,33H,7,10,14-17H2,(H3-,38,39,43,44,45,48,49)/p+1. The molecule has 2 fully saturated rings. The quantitative estimate of drug-likeness (QED) is 0.0745. The summed E-state index contributed by atoms with van der Waals surface area (Å²) in [6.45, 7) is 0.639. The van der Waals surface area contributed by atoms with Crippen molar-refractivity contribution in [2.45, 2.75) is 35.8 Å². The number of carbonyl (C=O) groups excluding carboxylic acids is 4. The average Bonchev–Trinajstić information content (AvgIpc) is 3.43. The highest BCUT2D eigenvalue weighted by atomic mass is 35.5. The van der Waals surface area contributed by atoms with Gasteiger partial charge in [-0.1, -0.05) is 23.2 Å². The van der Waals surface area contributed by atoms with Crippen molar-refractivity contribution in [2.24, 2.45) is 0 Å². The Kier molecular flexibility index (Phi) is 10.9. The van der Waals surface area contributed by atoms with E-state index in [0.29, 0.717) is 39.1 Å². The second kappa shape index (κ2) is 15.4. The van der Waals surface area contributed by atoms with Crippen molar-refractivity contribution in [3.05, 3.63) is 105 Å². The van der Waals surface area contributed by atoms with E-state index in [9.17, 15) is 38.6 Å². The van der Waals surface area contributed by atoms with Crippen LogP contribution in [0.5, 0.6) is 5.75 Å². The number of hydrogen-bond acceptors (Lipinski definition) is 8. The summed E-state index contributed by atoms with van der Waals surface area (Å²) >= 11 is 14.7. The molecule has 0 radical (unpaired) electrons. The summed E-state index contributed by atoms with van der Waals surface area (Å²) in [5.74, 6) is -4.09. The molecule has 1 aromatic heterocycles. The van der Waals surface area contributed by atoms with Crippen molar-refractivity contribution >= 4 is 82.0 Å². The Hall–Kier alpha value is -4.57. The number of nitrogens with one attached hydrogen (secondary N) is 2. The lowest BCUT2D eigenvalue weighted by Gasteiger charge is -2.49. The number of halogens is 3. The molecule has 0 bridgehead atoms. The number of hydrogen-bond donors (Lipinski definition) is 4. The molecule has 3 aliphatic rings. The first-order chi connectivity index (χ1) is 24.4. The molecule has 0 spiro atoms. The average molecular weight is 774 g/mol. The Morgan fingerprint density at radius 3 is 2.57 bits per heavy atom. The minimum Gasteiger partial charge on any atom is -0.505 e. The number of thioether (sulfide) groups is 2. The molecule has 2 unspecified atom stereocenters. The third-order valence-electron chi connectivity index (χ3n) is 8.22. The van der Waals surface area contributed by atoms with Crippen LogP contribution in [0.1, 0.15) is 12.0 Å². The number of allylic oxidation sites excluding steroid dienone is 1. The SMILES string of the molecule is O=C(C[n+]1ccc(CN2CCC(=CC3=C(C(=O)O)N4C(=O)C(NC(=O)CSc5cc(Cl)ccc5Cl)C4SC3)C2=O)cc1)Nc1ccc(O)c(F)c1. The highest BCUT2D eigenvalue weighted by Crippen LogP contribution is 2.41. The van der Waals surface area contributed by atoms with Crippen LogP contribution in [0.2, 0.25) is 10.0 Å². The highest BCUT2D eigenvalue weighted by Gasteiger charge is 2.54. The molecule has 6 rings (SSSR count). The fourth-order valence-corrected chi connectivity index (χ4v) is 8.34. The lowest BCUT2D eigenvalue weighted by atomic mass is 10.0. The number of aromatic nitrogens is 1. The molecular formula is C34H29Cl2FN5O7S2+. The van der Waals surface area contributed by atoms with Gasteiger partial charge in [0.15, 0.2) is 24.0 Å². The van der Waals surface area contributed by atoms with Crippen molar-refractivity contribution < 1.29 is 43.1 Å². The van der Waals surface area contributed by atoms with Crippen LogP contribution in [-0.2, 0) is 37.1 Å². The fraction of sp³-hybridized carbons (Fsp3) is 0.235. The van der Waals surface area contributed by atoms with Crippen molar-refractivity contribution in [1.29, 1.82) is 0 Å². The number of carboxylic acids is 1. The molecule has 4 amide bonds. The van der Waals surface area contributed by atoms with Crippen molar-refractivity contribution in [3.8, 4) is 5.75 Å². The zero-order valence-corrected chi connectivity index (χ0v) is 29.6. The zero-order valence-electron chi connectivity index (χ0n) is 26.5. The van der Waals surface area contributed by atoms with E-state index in [1.807, 2.05) is 0 Å². The topological polar surface area (TPSA) is 160 Å². The van der Waals surface area contributed by atoms with Gasteiger partial charge >= 0.3 is 5.97 Å². The first-order valence-electron chi connectivity index (χ1n) is 15.4. The lowest BCUT2D eigenvalue weighted by molar-refractivity contribution is -0.684. The van der Waals surface area contributed by atoms with Gasteiger partial charge in [-0.3, -0.25) is 24.1 Å². The summed E-state index contributed by atoms with van der Waals surface area (Å²) in [7, 11) is 0. The van der Waals surface area contributed by atoms with Crippen LogP contribution in [0.4, 0.5) is 10.1 Å². The van der Waals surface area contributed by atoms with Gasteiger partial charge in [0.2, 0.25) is 18.4 Å². The summed E-state index contributed by atoms with van der Waals surface area (Å²) in [5.41, 5.74) is 1.56. The molecule has 264 valence electrons. The largest absolute Gasteiger partial charge is 0.505 e. The number of nitrogens with zero attached hydrogens (tertiary/aromatic N) is 3. The molecule has 2 saturated heterocycles. The van der Waals surface area contributed by atoms with Crippen LogP contribution in [-0.4, -0.2) is 79.1 Å². The fourth-order valence-electron chi connectivity index (χ4n) is 5.73. The van der Waals surface area contributed by atoms with Crippen LogP contribution < -0.4 is 15.2 Å². The minimum atomic E-state index is -1.31. The molecule has 4 heterocycles. The number of likely N-dealkylation sites (tertiary alicyclic amines) is 1. The number of benzene rings is 2. The summed E-state index contributed by atoms with van der Waals surface area (Å²) in [4.78, 5) is 67.3. The number of pyridine rings is 1. The maximum atomic E-state index is 13.6. The van der Waals surface area contributed by atoms with Crippen molar-refractivity contribution in [3.63, 3.8) is 0 Å². The van der Waals surface area contributed by atoms with E-state index in [2.05, 4.69) is 10.6 Å². The van der Waals surface area contributed by atoms with E-state index in [4.69, 9.17) is 23.2 Å². The van der Waals surface area contributed by atoms with Gasteiger partial charge in [-0.05, 0) is 54.0 Å². The predicted molar refractivity (Wildman–Crippen MR) is 188 cm³/mol. The molecule has 3 aromatic rings. The van der Waals surface area contributed by atoms with Gasteiger partial charge in [-0.2, -0.15) is 4.57 Å². The maximum absolute atomic E-state index is 13.6. The van der Waals surface area contributed by atoms with Crippen LogP contribution in [0.25, 0.3) is 0 Å². The molecule has 12 nitrogen and oxygen atoms in total. The van der Waals surface area contributed by atoms with E-state index < -0.39 is 46.7 Å². The second-order valence-electron chi connectivity index (χ2n) is 11.7. The maximum Gasteiger partial charge on any atom is 0.352 e. The van der Waals surface area contributed by atoms with E-state index in [1.165, 1.54) is 29.6 Å². The second-order valence-corrected chi connectivity index (χ2v) is 14.7. The number of carboxylic acid groups (broad SMARTS) is 1. The number of fused-ring (bicyclic) bond motifs is 1. The highest BCUT2D eigenvalue weighted by molar-refractivity contribution is 8.00. The molecule has 0 saturated carbocycles. The smallest absolute Gasteiger partial charge is 0.352 e. The molecule has 17 heteroatoms. The number of aliphatic carboxylic acids is 1. The Bertz CT molecular complexity index is 2010. The van der Waals surface area contributed by atoms with Gasteiger partial charge in [0.25, 0.3) is 11.8 Å². The van der Waals surface area contributed by atoms with E-state index in [0.717, 1.165) is 22.6 Å². The van der Waals surface area contributed by atoms with Gasteiger partial charge < -0.3 is 25.7 Å². The van der Waals surface area contributed by atoms with Crippen LogP contribution in [0.3, 0.4) is 0 Å². The van der Waals surface area contributed by atoms with Gasteiger partial charge in [0.05, 0.1) is 10.8 Å². The minimum absolute atomic E-state index is 0.0235. The monoisotopic (exact) mass is 772 g/mol. The van der Waals surface area contributed by atoms with E-state index in [1.54, 1.807) is 58.3 Å². The molecule has 4 N–H and O–H groups in total. The van der Waals surface area contributed by atoms with Crippen LogP contribution in [0, 0.1) is 5.82 Å². The van der Waals surface area contributed by atoms with E-state index >= 15 is 0 Å². The van der Waals surface area contributed by atoms with Crippen LogP contribution >= 0.6 is 46.7 Å². The third-order valence-corrected chi connectivity index (χ3v) is 11.3. The number of anilines is 1. The van der Waals surface area contributed by atoms with Crippen LogP contribution in [0.15, 0.2) is 88.7 Å².